The van der Waals surface area contributed by atoms with Crippen molar-refractivity contribution in [1.29, 1.82) is 0 Å². The molecule has 1 aliphatic heterocycles. The number of hydrogen-bond donors (Lipinski definition) is 3. The minimum atomic E-state index is -1.87. The summed E-state index contributed by atoms with van der Waals surface area (Å²) in [6, 6.07) is 22.6. The molecule has 1 aromatic heterocycles. The Morgan fingerprint density at radius 3 is 2.20 bits per heavy atom. The number of benzene rings is 3. The number of carbonyl (C=O) groups is 2. The van der Waals surface area contributed by atoms with Gasteiger partial charge in [0.15, 0.2) is 12.2 Å². The van der Waals surface area contributed by atoms with Gasteiger partial charge in [-0.05, 0) is 47.9 Å². The van der Waals surface area contributed by atoms with Crippen LogP contribution >= 0.6 is 0 Å². The lowest BCUT2D eigenvalue weighted by Gasteiger charge is -2.24. The summed E-state index contributed by atoms with van der Waals surface area (Å²) in [5, 5.41) is 23.5. The van der Waals surface area contributed by atoms with E-state index in [9.17, 15) is 19.8 Å². The Morgan fingerprint density at radius 1 is 0.886 bits per heavy atom. The third kappa shape index (κ3) is 4.41. The van der Waals surface area contributed by atoms with Gasteiger partial charge in [0.1, 0.15) is 6.33 Å². The molecule has 3 N–H and O–H groups in total. The van der Waals surface area contributed by atoms with Crippen LogP contribution in [0.15, 0.2) is 79.1 Å². The third-order valence-electron chi connectivity index (χ3n) is 6.46. The zero-order valence-corrected chi connectivity index (χ0v) is 19.2. The van der Waals surface area contributed by atoms with Crippen molar-refractivity contribution in [2.24, 2.45) is 0 Å². The summed E-state index contributed by atoms with van der Waals surface area (Å²) < 4.78 is 1.98. The van der Waals surface area contributed by atoms with E-state index in [0.717, 1.165) is 33.4 Å². The van der Waals surface area contributed by atoms with Crippen LogP contribution in [0.4, 0.5) is 0 Å². The number of hydrogen-bond acceptors (Lipinski definition) is 5. The monoisotopic (exact) mass is 470 g/mol. The minimum absolute atomic E-state index is 0.343. The smallest absolute Gasteiger partial charge is 0.255 e. The quantitative estimate of drug-likeness (QED) is 0.401. The molecule has 8 heteroatoms. The molecule has 8 nitrogen and oxygen atoms in total. The highest BCUT2D eigenvalue weighted by molar-refractivity contribution is 5.91. The minimum Gasteiger partial charge on any atom is -0.380 e. The van der Waals surface area contributed by atoms with E-state index in [1.807, 2.05) is 77.4 Å². The summed E-state index contributed by atoms with van der Waals surface area (Å²) in [4.78, 5) is 31.1. The van der Waals surface area contributed by atoms with E-state index in [-0.39, 0.29) is 0 Å². The number of para-hydroxylation sites is 2. The fourth-order valence-electron chi connectivity index (χ4n) is 4.43. The summed E-state index contributed by atoms with van der Waals surface area (Å²) in [5.74, 6) is -1.48. The summed E-state index contributed by atoms with van der Waals surface area (Å²) in [5.41, 5.74) is 5.62. The molecule has 0 spiro atoms. The largest absolute Gasteiger partial charge is 0.380 e. The first-order valence-electron chi connectivity index (χ1n) is 11.5. The zero-order chi connectivity index (χ0) is 24.5. The van der Waals surface area contributed by atoms with Gasteiger partial charge in [-0.2, -0.15) is 0 Å². The summed E-state index contributed by atoms with van der Waals surface area (Å²) in [6.07, 6.45) is -1.95. The van der Waals surface area contributed by atoms with Gasteiger partial charge in [0, 0.05) is 18.8 Å². The molecule has 4 aromatic rings. The van der Waals surface area contributed by atoms with Gasteiger partial charge in [-0.1, -0.05) is 48.5 Å². The predicted molar refractivity (Wildman–Crippen MR) is 130 cm³/mol. The Kier molecular flexibility index (Phi) is 6.07. The number of nitrogens with one attached hydrogen (secondary N) is 1. The molecule has 3 atom stereocenters. The van der Waals surface area contributed by atoms with Crippen molar-refractivity contribution >= 4 is 22.8 Å². The van der Waals surface area contributed by atoms with E-state index >= 15 is 0 Å². The second-order valence-electron chi connectivity index (χ2n) is 8.78. The van der Waals surface area contributed by atoms with Crippen LogP contribution in [-0.4, -0.2) is 48.7 Å². The molecule has 1 aliphatic rings. The molecule has 178 valence electrons. The van der Waals surface area contributed by atoms with Gasteiger partial charge in [-0.15, -0.1) is 0 Å². The number of carbonyl (C=O) groups excluding carboxylic acids is 2. The molecule has 0 saturated carbocycles. The van der Waals surface area contributed by atoms with Crippen LogP contribution in [0.25, 0.3) is 16.7 Å². The number of rotatable bonds is 6. The van der Waals surface area contributed by atoms with E-state index < -0.39 is 30.1 Å². The summed E-state index contributed by atoms with van der Waals surface area (Å²) in [6.45, 7) is 2.46. The van der Waals surface area contributed by atoms with Crippen molar-refractivity contribution in [2.45, 2.75) is 38.3 Å². The first-order valence-corrected chi connectivity index (χ1v) is 11.5. The highest BCUT2D eigenvalue weighted by Crippen LogP contribution is 2.24. The van der Waals surface area contributed by atoms with E-state index in [1.54, 1.807) is 13.3 Å². The SMILES string of the molecule is C[C@H](NC(=O)[C@H](O)[C@@H](O)C(=O)N1Cc2ccccc2C1)c1ccc(-n2cnc3ccccc32)cc1. The summed E-state index contributed by atoms with van der Waals surface area (Å²) in [7, 11) is 0. The van der Waals surface area contributed by atoms with Crippen LogP contribution in [0.5, 0.6) is 0 Å². The highest BCUT2D eigenvalue weighted by atomic mass is 16.3. The number of fused-ring (bicyclic) bond motifs is 2. The van der Waals surface area contributed by atoms with Crippen molar-refractivity contribution in [1.82, 2.24) is 19.8 Å². The van der Waals surface area contributed by atoms with E-state index in [2.05, 4.69) is 10.3 Å². The van der Waals surface area contributed by atoms with Crippen LogP contribution in [0.2, 0.25) is 0 Å². The first kappa shape index (κ1) is 22.8. The van der Waals surface area contributed by atoms with Crippen LogP contribution in [-0.2, 0) is 22.7 Å². The zero-order valence-electron chi connectivity index (χ0n) is 19.2. The number of amides is 2. The Hall–Kier alpha value is -4.01. The van der Waals surface area contributed by atoms with Crippen LogP contribution in [0, 0.1) is 0 Å². The Morgan fingerprint density at radius 2 is 1.51 bits per heavy atom. The molecule has 2 amide bonds. The second kappa shape index (κ2) is 9.32. The molecular weight excluding hydrogens is 444 g/mol. The van der Waals surface area contributed by atoms with Crippen molar-refractivity contribution in [3.8, 4) is 5.69 Å². The molecule has 0 aliphatic carbocycles. The van der Waals surface area contributed by atoms with Gasteiger partial charge >= 0.3 is 0 Å². The molecule has 0 bridgehead atoms. The molecule has 0 saturated heterocycles. The molecule has 2 heterocycles. The molecule has 35 heavy (non-hydrogen) atoms. The lowest BCUT2D eigenvalue weighted by molar-refractivity contribution is -0.153. The van der Waals surface area contributed by atoms with E-state index in [1.165, 1.54) is 4.90 Å². The lowest BCUT2D eigenvalue weighted by Crippen LogP contribution is -2.50. The highest BCUT2D eigenvalue weighted by Gasteiger charge is 2.35. The number of aliphatic hydroxyl groups is 2. The van der Waals surface area contributed by atoms with Crippen molar-refractivity contribution in [2.75, 3.05) is 0 Å². The van der Waals surface area contributed by atoms with Gasteiger partial charge in [0.05, 0.1) is 17.1 Å². The summed E-state index contributed by atoms with van der Waals surface area (Å²) >= 11 is 0. The average molecular weight is 471 g/mol. The molecule has 3 aromatic carbocycles. The van der Waals surface area contributed by atoms with Gasteiger partial charge in [0.25, 0.3) is 11.8 Å². The first-order chi connectivity index (χ1) is 16.9. The second-order valence-corrected chi connectivity index (χ2v) is 8.78. The van der Waals surface area contributed by atoms with Crippen LogP contribution in [0.3, 0.4) is 0 Å². The van der Waals surface area contributed by atoms with Gasteiger partial charge in [-0.25, -0.2) is 4.98 Å². The maximum absolute atomic E-state index is 12.7. The number of aromatic nitrogens is 2. The Bertz CT molecular complexity index is 1360. The van der Waals surface area contributed by atoms with Crippen molar-refractivity contribution in [3.63, 3.8) is 0 Å². The Balaban J connectivity index is 1.21. The van der Waals surface area contributed by atoms with E-state index in [0.29, 0.717) is 13.1 Å². The van der Waals surface area contributed by atoms with E-state index in [4.69, 9.17) is 0 Å². The fraction of sp³-hybridized carbons (Fsp3) is 0.222. The predicted octanol–water partition coefficient (Wildman–Crippen LogP) is 2.47. The van der Waals surface area contributed by atoms with Crippen LogP contribution in [0.1, 0.15) is 29.7 Å². The fourth-order valence-corrected chi connectivity index (χ4v) is 4.43. The molecule has 0 radical (unpaired) electrons. The molecule has 0 unspecified atom stereocenters. The third-order valence-corrected chi connectivity index (χ3v) is 6.46. The van der Waals surface area contributed by atoms with Crippen molar-refractivity contribution in [3.05, 3.63) is 95.8 Å². The lowest BCUT2D eigenvalue weighted by atomic mass is 10.1. The van der Waals surface area contributed by atoms with Crippen molar-refractivity contribution < 1.29 is 19.8 Å². The van der Waals surface area contributed by atoms with Gasteiger partial charge < -0.3 is 20.4 Å². The Labute approximate surface area is 202 Å². The van der Waals surface area contributed by atoms with Gasteiger partial charge in [0.2, 0.25) is 0 Å². The number of imidazole rings is 1. The topological polar surface area (TPSA) is 108 Å². The number of aliphatic hydroxyl groups excluding tert-OH is 2. The maximum Gasteiger partial charge on any atom is 0.255 e. The molecular formula is C27H26N4O4. The van der Waals surface area contributed by atoms with Gasteiger partial charge in [-0.3, -0.25) is 14.2 Å². The molecule has 5 rings (SSSR count). The molecule has 0 fully saturated rings. The normalized spacial score (nSPS) is 15.5. The maximum atomic E-state index is 12.7. The average Bonchev–Trinajstić information content (AvgIpc) is 3.52. The van der Waals surface area contributed by atoms with Crippen LogP contribution < -0.4 is 5.32 Å². The number of nitrogens with zero attached hydrogens (tertiary/aromatic N) is 3. The standard InChI is InChI=1S/C27H26N4O4/c1-17(18-10-12-21(13-11-18)31-16-28-22-8-4-5-9-23(22)31)29-26(34)24(32)25(33)27(35)30-14-19-6-2-3-7-20(19)15-30/h2-13,16-17,24-25,32-33H,14-15H2,1H3,(H,29,34)/t17-,24+,25+/m0/s1.